The van der Waals surface area contributed by atoms with Gasteiger partial charge in [0.15, 0.2) is 0 Å². The fourth-order valence-corrected chi connectivity index (χ4v) is 3.02. The molecule has 0 aliphatic rings. The Hall–Kier alpha value is -0.300. The third-order valence-corrected chi connectivity index (χ3v) is 4.50. The molecule has 1 rings (SSSR count). The molecule has 0 nitrogen and oxygen atoms in total. The van der Waals surface area contributed by atoms with Crippen molar-refractivity contribution in [2.75, 3.05) is 0 Å². The van der Waals surface area contributed by atoms with Crippen LogP contribution in [0.2, 0.25) is 0 Å². The molecule has 0 heterocycles. The smallest absolute Gasteiger partial charge is 0.0398 e. The minimum atomic E-state index is 0.510. The zero-order valence-electron chi connectivity index (χ0n) is 12.5. The van der Waals surface area contributed by atoms with Crippen molar-refractivity contribution in [3.63, 3.8) is 0 Å². The summed E-state index contributed by atoms with van der Waals surface area (Å²) in [5.74, 6) is 1.21. The number of alkyl halides is 1. The number of hydrogen-bond acceptors (Lipinski definition) is 0. The van der Waals surface area contributed by atoms with Crippen molar-refractivity contribution < 1.29 is 0 Å². The standard InChI is InChI=1S/C17H27Br/c1-6-7-8-17(18)15-10-9-14(12(2)3)11-16(15)13(4)5/h9-13,17H,6-8H2,1-5H3. The first-order valence-electron chi connectivity index (χ1n) is 7.25. The Morgan fingerprint density at radius 3 is 2.17 bits per heavy atom. The lowest BCUT2D eigenvalue weighted by Crippen LogP contribution is -2.01. The van der Waals surface area contributed by atoms with Crippen LogP contribution in [0.15, 0.2) is 18.2 Å². The maximum Gasteiger partial charge on any atom is 0.0398 e. The van der Waals surface area contributed by atoms with E-state index in [1.165, 1.54) is 36.0 Å². The second kappa shape index (κ2) is 7.33. The van der Waals surface area contributed by atoms with Gasteiger partial charge in [0.05, 0.1) is 0 Å². The van der Waals surface area contributed by atoms with Crippen LogP contribution >= 0.6 is 15.9 Å². The molecule has 0 N–H and O–H groups in total. The predicted molar refractivity (Wildman–Crippen MR) is 85.8 cm³/mol. The number of halogens is 1. The molecule has 0 spiro atoms. The van der Waals surface area contributed by atoms with Crippen LogP contribution in [0, 0.1) is 0 Å². The van der Waals surface area contributed by atoms with Gasteiger partial charge in [0.2, 0.25) is 0 Å². The number of hydrogen-bond donors (Lipinski definition) is 0. The van der Waals surface area contributed by atoms with E-state index in [9.17, 15) is 0 Å². The summed E-state index contributed by atoms with van der Waals surface area (Å²) in [6.45, 7) is 11.4. The number of unbranched alkanes of at least 4 members (excludes halogenated alkanes) is 1. The van der Waals surface area contributed by atoms with Gasteiger partial charge in [-0.05, 0) is 34.9 Å². The van der Waals surface area contributed by atoms with Gasteiger partial charge in [-0.2, -0.15) is 0 Å². The average molecular weight is 311 g/mol. The number of benzene rings is 1. The van der Waals surface area contributed by atoms with E-state index in [2.05, 4.69) is 68.7 Å². The SMILES string of the molecule is CCCCC(Br)c1ccc(C(C)C)cc1C(C)C. The minimum absolute atomic E-state index is 0.510. The van der Waals surface area contributed by atoms with E-state index in [4.69, 9.17) is 0 Å². The van der Waals surface area contributed by atoms with Gasteiger partial charge in [-0.1, -0.05) is 81.6 Å². The Bertz CT molecular complexity index is 366. The van der Waals surface area contributed by atoms with Crippen molar-refractivity contribution in [1.29, 1.82) is 0 Å². The van der Waals surface area contributed by atoms with Crippen LogP contribution in [0.25, 0.3) is 0 Å². The second-order valence-electron chi connectivity index (χ2n) is 5.81. The summed E-state index contributed by atoms with van der Waals surface area (Å²) in [6.07, 6.45) is 3.79. The van der Waals surface area contributed by atoms with Crippen LogP contribution in [0.5, 0.6) is 0 Å². The maximum absolute atomic E-state index is 3.87. The molecule has 1 aromatic rings. The van der Waals surface area contributed by atoms with Gasteiger partial charge < -0.3 is 0 Å². The summed E-state index contributed by atoms with van der Waals surface area (Å²) >= 11 is 3.87. The van der Waals surface area contributed by atoms with Crippen LogP contribution in [0.1, 0.15) is 87.2 Å². The van der Waals surface area contributed by atoms with Crippen LogP contribution in [0.4, 0.5) is 0 Å². The van der Waals surface area contributed by atoms with E-state index in [1.54, 1.807) is 0 Å². The summed E-state index contributed by atoms with van der Waals surface area (Å²) in [5.41, 5.74) is 4.46. The largest absolute Gasteiger partial charge is 0.0839 e. The Labute approximate surface area is 121 Å². The third kappa shape index (κ3) is 4.12. The van der Waals surface area contributed by atoms with Crippen molar-refractivity contribution in [2.24, 2.45) is 0 Å². The highest BCUT2D eigenvalue weighted by Gasteiger charge is 2.15. The molecule has 0 aromatic heterocycles. The second-order valence-corrected chi connectivity index (χ2v) is 6.91. The van der Waals surface area contributed by atoms with Crippen molar-refractivity contribution in [1.82, 2.24) is 0 Å². The monoisotopic (exact) mass is 310 g/mol. The summed E-state index contributed by atoms with van der Waals surface area (Å²) in [7, 11) is 0. The van der Waals surface area contributed by atoms with Crippen LogP contribution < -0.4 is 0 Å². The Morgan fingerprint density at radius 1 is 1.00 bits per heavy atom. The molecule has 1 heteroatoms. The van der Waals surface area contributed by atoms with Crippen LogP contribution in [-0.4, -0.2) is 0 Å². The third-order valence-electron chi connectivity index (χ3n) is 3.55. The van der Waals surface area contributed by atoms with Crippen molar-refractivity contribution in [2.45, 2.75) is 70.5 Å². The summed E-state index contributed by atoms with van der Waals surface area (Å²) < 4.78 is 0. The topological polar surface area (TPSA) is 0 Å². The number of rotatable bonds is 6. The first-order chi connectivity index (χ1) is 8.47. The summed E-state index contributed by atoms with van der Waals surface area (Å²) in [6, 6.07) is 7.04. The fourth-order valence-electron chi connectivity index (χ4n) is 2.28. The lowest BCUT2D eigenvalue weighted by Gasteiger charge is -2.20. The van der Waals surface area contributed by atoms with Gasteiger partial charge >= 0.3 is 0 Å². The highest BCUT2D eigenvalue weighted by Crippen LogP contribution is 2.35. The highest BCUT2D eigenvalue weighted by atomic mass is 79.9. The molecule has 0 radical (unpaired) electrons. The normalized spacial score (nSPS) is 13.3. The minimum Gasteiger partial charge on any atom is -0.0839 e. The molecular weight excluding hydrogens is 284 g/mol. The van der Waals surface area contributed by atoms with E-state index >= 15 is 0 Å². The average Bonchev–Trinajstić information content (AvgIpc) is 2.34. The van der Waals surface area contributed by atoms with E-state index in [1.807, 2.05) is 0 Å². The van der Waals surface area contributed by atoms with Gasteiger partial charge in [0.25, 0.3) is 0 Å². The molecule has 0 aliphatic heterocycles. The quantitative estimate of drug-likeness (QED) is 0.522. The van der Waals surface area contributed by atoms with E-state index in [0.717, 1.165) is 0 Å². The molecule has 1 unspecified atom stereocenters. The molecule has 0 saturated carbocycles. The van der Waals surface area contributed by atoms with Crippen LogP contribution in [0.3, 0.4) is 0 Å². The van der Waals surface area contributed by atoms with Crippen molar-refractivity contribution >= 4 is 15.9 Å². The van der Waals surface area contributed by atoms with Crippen molar-refractivity contribution in [3.05, 3.63) is 34.9 Å². The van der Waals surface area contributed by atoms with E-state index < -0.39 is 0 Å². The van der Waals surface area contributed by atoms with Crippen molar-refractivity contribution in [3.8, 4) is 0 Å². The highest BCUT2D eigenvalue weighted by molar-refractivity contribution is 9.09. The fraction of sp³-hybridized carbons (Fsp3) is 0.647. The molecule has 0 fully saturated rings. The van der Waals surface area contributed by atoms with Gasteiger partial charge in [-0.25, -0.2) is 0 Å². The van der Waals surface area contributed by atoms with E-state index in [0.29, 0.717) is 16.7 Å². The molecular formula is C17H27Br. The first-order valence-corrected chi connectivity index (χ1v) is 8.16. The Balaban J connectivity index is 3.03. The molecule has 0 amide bonds. The lowest BCUT2D eigenvalue weighted by atomic mass is 9.89. The lowest BCUT2D eigenvalue weighted by molar-refractivity contribution is 0.701. The molecule has 1 atom stereocenters. The van der Waals surface area contributed by atoms with Gasteiger partial charge in [0, 0.05) is 4.83 Å². The molecule has 0 aliphatic carbocycles. The van der Waals surface area contributed by atoms with Gasteiger partial charge in [0.1, 0.15) is 0 Å². The molecule has 0 bridgehead atoms. The molecule has 0 saturated heterocycles. The van der Waals surface area contributed by atoms with Gasteiger partial charge in [-0.15, -0.1) is 0 Å². The Kier molecular flexibility index (Phi) is 6.42. The predicted octanol–water partition coefficient (Wildman–Crippen LogP) is 6.56. The first kappa shape index (κ1) is 15.8. The van der Waals surface area contributed by atoms with E-state index in [-0.39, 0.29) is 0 Å². The molecule has 102 valence electrons. The Morgan fingerprint density at radius 2 is 1.67 bits per heavy atom. The molecule has 1 aromatic carbocycles. The zero-order valence-corrected chi connectivity index (χ0v) is 14.0. The zero-order chi connectivity index (χ0) is 13.7. The maximum atomic E-state index is 3.87. The van der Waals surface area contributed by atoms with Gasteiger partial charge in [-0.3, -0.25) is 0 Å². The van der Waals surface area contributed by atoms with Crippen LogP contribution in [-0.2, 0) is 0 Å². The summed E-state index contributed by atoms with van der Waals surface area (Å²) in [5, 5.41) is 0. The molecule has 18 heavy (non-hydrogen) atoms. The summed E-state index contributed by atoms with van der Waals surface area (Å²) in [4.78, 5) is 0.510.